The molecule has 9 heteroatoms. The van der Waals surface area contributed by atoms with E-state index >= 15 is 0 Å². The van der Waals surface area contributed by atoms with E-state index in [4.69, 9.17) is 16.9 Å². The first-order valence-corrected chi connectivity index (χ1v) is 6.27. The van der Waals surface area contributed by atoms with Crippen LogP contribution < -0.4 is 5.32 Å². The lowest BCUT2D eigenvalue weighted by molar-refractivity contribution is -0.137. The highest BCUT2D eigenvalue weighted by molar-refractivity contribution is 8.13. The lowest BCUT2D eigenvalue weighted by Crippen LogP contribution is -2.12. The SMILES string of the molecule is CSC(=Nc1c(O)cc(C(F)(F)F)cc1Cl)NC#N. The van der Waals surface area contributed by atoms with Gasteiger partial charge in [-0.25, -0.2) is 4.99 Å². The summed E-state index contributed by atoms with van der Waals surface area (Å²) in [6, 6.07) is 1.18. The van der Waals surface area contributed by atoms with Crippen molar-refractivity contribution >= 4 is 34.2 Å². The number of thioether (sulfide) groups is 1. The fourth-order valence-electron chi connectivity index (χ4n) is 1.13. The standard InChI is InChI=1S/C10H7ClF3N3OS/c1-19-9(16-4-15)17-8-6(11)2-5(3-7(8)18)10(12,13)14/h2-3,18H,1H3,(H,16,17). The predicted molar refractivity (Wildman–Crippen MR) is 67.5 cm³/mol. The molecule has 0 heterocycles. The van der Waals surface area contributed by atoms with Crippen molar-refractivity contribution in [3.8, 4) is 11.9 Å². The van der Waals surface area contributed by atoms with Crippen LogP contribution in [0.4, 0.5) is 18.9 Å². The van der Waals surface area contributed by atoms with Gasteiger partial charge in [0.2, 0.25) is 0 Å². The van der Waals surface area contributed by atoms with E-state index < -0.39 is 17.5 Å². The molecule has 102 valence electrons. The molecule has 0 aliphatic heterocycles. The molecule has 2 N–H and O–H groups in total. The number of aromatic hydroxyl groups is 1. The van der Waals surface area contributed by atoms with Crippen LogP contribution in [0.15, 0.2) is 17.1 Å². The summed E-state index contributed by atoms with van der Waals surface area (Å²) in [5.74, 6) is -0.717. The summed E-state index contributed by atoms with van der Waals surface area (Å²) in [4.78, 5) is 3.79. The van der Waals surface area contributed by atoms with Crippen LogP contribution in [0.3, 0.4) is 0 Å². The second-order valence-corrected chi connectivity index (χ2v) is 4.38. The van der Waals surface area contributed by atoms with Crippen molar-refractivity contribution in [1.29, 1.82) is 5.26 Å². The Morgan fingerprint density at radius 2 is 2.16 bits per heavy atom. The number of aliphatic imine (C=N–C) groups is 1. The molecule has 0 saturated heterocycles. The highest BCUT2D eigenvalue weighted by atomic mass is 35.5. The van der Waals surface area contributed by atoms with Crippen molar-refractivity contribution in [3.63, 3.8) is 0 Å². The number of nitriles is 1. The second kappa shape index (κ2) is 6.04. The normalized spacial score (nSPS) is 12.1. The smallest absolute Gasteiger partial charge is 0.416 e. The number of phenols is 1. The lowest BCUT2D eigenvalue weighted by atomic mass is 10.2. The van der Waals surface area contributed by atoms with Gasteiger partial charge in [-0.2, -0.15) is 18.4 Å². The number of nitrogens with zero attached hydrogens (tertiary/aromatic N) is 2. The predicted octanol–water partition coefficient (Wildman–Crippen LogP) is 3.49. The van der Waals surface area contributed by atoms with Crippen LogP contribution >= 0.6 is 23.4 Å². The van der Waals surface area contributed by atoms with Crippen LogP contribution in [-0.2, 0) is 6.18 Å². The number of nitrogens with one attached hydrogen (secondary N) is 1. The maximum absolute atomic E-state index is 12.5. The zero-order valence-corrected chi connectivity index (χ0v) is 11.0. The van der Waals surface area contributed by atoms with E-state index in [1.165, 1.54) is 0 Å². The first-order valence-electron chi connectivity index (χ1n) is 4.67. The number of halogens is 4. The van der Waals surface area contributed by atoms with Gasteiger partial charge in [-0.05, 0) is 18.4 Å². The number of hydrogen-bond donors (Lipinski definition) is 2. The second-order valence-electron chi connectivity index (χ2n) is 3.18. The van der Waals surface area contributed by atoms with Crippen LogP contribution in [0.2, 0.25) is 5.02 Å². The number of benzene rings is 1. The maximum atomic E-state index is 12.5. The topological polar surface area (TPSA) is 68.4 Å². The summed E-state index contributed by atoms with van der Waals surface area (Å²) < 4.78 is 37.4. The molecule has 0 saturated carbocycles. The average molecular weight is 310 g/mol. The van der Waals surface area contributed by atoms with E-state index in [1.807, 2.05) is 0 Å². The summed E-state index contributed by atoms with van der Waals surface area (Å²) in [5, 5.41) is 19.9. The van der Waals surface area contributed by atoms with Gasteiger partial charge in [-0.15, -0.1) is 0 Å². The van der Waals surface area contributed by atoms with Gasteiger partial charge >= 0.3 is 6.18 Å². The molecule has 4 nitrogen and oxygen atoms in total. The molecule has 1 aromatic rings. The van der Waals surface area contributed by atoms with Gasteiger partial charge in [0.25, 0.3) is 0 Å². The third-order valence-corrected chi connectivity index (χ3v) is 2.81. The van der Waals surface area contributed by atoms with Crippen molar-refractivity contribution < 1.29 is 18.3 Å². The van der Waals surface area contributed by atoms with Gasteiger partial charge in [-0.1, -0.05) is 23.4 Å². The Bertz CT molecular complexity index is 531. The van der Waals surface area contributed by atoms with Gasteiger partial charge in [0.15, 0.2) is 11.4 Å². The van der Waals surface area contributed by atoms with Gasteiger partial charge in [0.05, 0.1) is 10.6 Å². The molecule has 0 unspecified atom stereocenters. The summed E-state index contributed by atoms with van der Waals surface area (Å²) in [6.07, 6.45) is -1.41. The minimum Gasteiger partial charge on any atom is -0.506 e. The van der Waals surface area contributed by atoms with Crippen LogP contribution in [-0.4, -0.2) is 16.5 Å². The largest absolute Gasteiger partial charge is 0.506 e. The molecule has 0 radical (unpaired) electrons. The summed E-state index contributed by atoms with van der Waals surface area (Å²) >= 11 is 6.70. The third kappa shape index (κ3) is 3.94. The molecule has 1 aromatic carbocycles. The van der Waals surface area contributed by atoms with Crippen molar-refractivity contribution in [2.75, 3.05) is 6.26 Å². The number of hydrogen-bond acceptors (Lipinski definition) is 4. The maximum Gasteiger partial charge on any atom is 0.416 e. The van der Waals surface area contributed by atoms with Gasteiger partial charge in [0, 0.05) is 0 Å². The van der Waals surface area contributed by atoms with Crippen LogP contribution in [0, 0.1) is 11.5 Å². The van der Waals surface area contributed by atoms with Gasteiger partial charge in [0.1, 0.15) is 11.4 Å². The van der Waals surface area contributed by atoms with Crippen molar-refractivity contribution in [3.05, 3.63) is 22.7 Å². The molecular weight excluding hydrogens is 303 g/mol. The van der Waals surface area contributed by atoms with E-state index in [1.54, 1.807) is 12.4 Å². The van der Waals surface area contributed by atoms with E-state index in [9.17, 15) is 18.3 Å². The zero-order chi connectivity index (χ0) is 14.6. The summed E-state index contributed by atoms with van der Waals surface area (Å²) in [5.41, 5.74) is -1.31. The molecule has 0 bridgehead atoms. The third-order valence-electron chi connectivity index (χ3n) is 1.94. The van der Waals surface area contributed by atoms with Gasteiger partial charge < -0.3 is 5.11 Å². The number of phenolic OH excluding ortho intramolecular Hbond substituents is 1. The molecule has 0 aliphatic rings. The Balaban J connectivity index is 3.29. The van der Waals surface area contributed by atoms with Gasteiger partial charge in [-0.3, -0.25) is 5.32 Å². The Kier molecular flexibility index (Phi) is 4.91. The fourth-order valence-corrected chi connectivity index (χ4v) is 1.72. The van der Waals surface area contributed by atoms with Crippen molar-refractivity contribution in [1.82, 2.24) is 5.32 Å². The van der Waals surface area contributed by atoms with E-state index in [0.717, 1.165) is 11.8 Å². The highest BCUT2D eigenvalue weighted by Gasteiger charge is 2.32. The van der Waals surface area contributed by atoms with Crippen molar-refractivity contribution in [2.24, 2.45) is 4.99 Å². The highest BCUT2D eigenvalue weighted by Crippen LogP contribution is 2.41. The first kappa shape index (κ1) is 15.5. The lowest BCUT2D eigenvalue weighted by Gasteiger charge is -2.10. The first-order chi connectivity index (χ1) is 8.79. The fraction of sp³-hybridized carbons (Fsp3) is 0.200. The Morgan fingerprint density at radius 1 is 1.53 bits per heavy atom. The van der Waals surface area contributed by atoms with Crippen LogP contribution in [0.5, 0.6) is 5.75 Å². The Hall–Kier alpha value is -1.59. The summed E-state index contributed by atoms with van der Waals surface area (Å²) in [7, 11) is 0. The van der Waals surface area contributed by atoms with E-state index in [2.05, 4.69) is 10.3 Å². The molecular formula is C10H7ClF3N3OS. The monoisotopic (exact) mass is 309 g/mol. The van der Waals surface area contributed by atoms with Crippen LogP contribution in [0.1, 0.15) is 5.56 Å². The number of alkyl halides is 3. The minimum atomic E-state index is -4.61. The molecule has 0 aliphatic carbocycles. The zero-order valence-electron chi connectivity index (χ0n) is 9.42. The molecule has 0 aromatic heterocycles. The summed E-state index contributed by atoms with van der Waals surface area (Å²) in [6.45, 7) is 0. The quantitative estimate of drug-likeness (QED) is 0.361. The molecule has 1 rings (SSSR count). The van der Waals surface area contributed by atoms with E-state index in [0.29, 0.717) is 12.1 Å². The molecule has 19 heavy (non-hydrogen) atoms. The number of amidine groups is 1. The van der Waals surface area contributed by atoms with Crippen molar-refractivity contribution in [2.45, 2.75) is 6.18 Å². The Morgan fingerprint density at radius 3 is 2.58 bits per heavy atom. The molecule has 0 amide bonds. The van der Waals surface area contributed by atoms with Crippen LogP contribution in [0.25, 0.3) is 0 Å². The molecule has 0 fully saturated rings. The molecule has 0 spiro atoms. The molecule has 0 atom stereocenters. The van der Waals surface area contributed by atoms with E-state index in [-0.39, 0.29) is 15.9 Å². The Labute approximate surface area is 115 Å². The average Bonchev–Trinajstić information content (AvgIpc) is 2.30. The number of rotatable bonds is 1. The minimum absolute atomic E-state index is 0.0967.